The van der Waals surface area contributed by atoms with Crippen molar-refractivity contribution in [3.05, 3.63) is 52.0 Å². The topological polar surface area (TPSA) is 93.9 Å². The number of rotatable bonds is 5. The third kappa shape index (κ3) is 3.92. The van der Waals surface area contributed by atoms with Crippen LogP contribution in [-0.4, -0.2) is 53.4 Å². The molecule has 0 amide bonds. The molecule has 0 saturated carbocycles. The van der Waals surface area contributed by atoms with Gasteiger partial charge in [0.2, 0.25) is 10.0 Å². The van der Waals surface area contributed by atoms with Crippen LogP contribution >= 0.6 is 23.1 Å². The van der Waals surface area contributed by atoms with Crippen LogP contribution in [0.4, 0.5) is 0 Å². The highest BCUT2D eigenvalue weighted by Crippen LogP contribution is 2.23. The van der Waals surface area contributed by atoms with Crippen LogP contribution in [0.3, 0.4) is 0 Å². The zero-order valence-electron chi connectivity index (χ0n) is 14.1. The van der Waals surface area contributed by atoms with E-state index in [9.17, 15) is 13.2 Å². The summed E-state index contributed by atoms with van der Waals surface area (Å²) in [5, 5.41) is 2.49. The van der Waals surface area contributed by atoms with E-state index in [-0.39, 0.29) is 10.5 Å². The van der Waals surface area contributed by atoms with E-state index in [1.54, 1.807) is 18.3 Å². The molecule has 4 heterocycles. The Morgan fingerprint density at radius 3 is 2.81 bits per heavy atom. The number of nitrogens with zero attached hydrogens (tertiary/aromatic N) is 4. The lowest BCUT2D eigenvalue weighted by atomic mass is 10.4. The molecule has 27 heavy (non-hydrogen) atoms. The molecule has 0 unspecified atom stereocenters. The largest absolute Gasteiger partial charge is 0.379 e. The van der Waals surface area contributed by atoms with E-state index in [1.165, 1.54) is 44.1 Å². The van der Waals surface area contributed by atoms with Gasteiger partial charge in [-0.3, -0.25) is 9.20 Å². The van der Waals surface area contributed by atoms with E-state index in [4.69, 9.17) is 4.74 Å². The summed E-state index contributed by atoms with van der Waals surface area (Å²) in [5.41, 5.74) is 0.552. The lowest BCUT2D eigenvalue weighted by molar-refractivity contribution is 0.0730. The van der Waals surface area contributed by atoms with Crippen molar-refractivity contribution in [2.24, 2.45) is 0 Å². The van der Waals surface area contributed by atoms with Crippen LogP contribution in [0.1, 0.15) is 5.69 Å². The van der Waals surface area contributed by atoms with Crippen molar-refractivity contribution in [3.63, 3.8) is 0 Å². The van der Waals surface area contributed by atoms with Gasteiger partial charge < -0.3 is 4.74 Å². The highest BCUT2D eigenvalue weighted by atomic mass is 32.2. The number of sulfonamides is 1. The quantitative estimate of drug-likeness (QED) is 0.573. The van der Waals surface area contributed by atoms with E-state index < -0.39 is 10.0 Å². The maximum Gasteiger partial charge on any atom is 0.258 e. The number of thiazole rings is 1. The summed E-state index contributed by atoms with van der Waals surface area (Å²) in [5.74, 6) is 0.478. The smallest absolute Gasteiger partial charge is 0.258 e. The zero-order chi connectivity index (χ0) is 18.9. The Balaban J connectivity index is 1.46. The molecule has 4 rings (SSSR count). The van der Waals surface area contributed by atoms with Crippen LogP contribution < -0.4 is 5.56 Å². The lowest BCUT2D eigenvalue weighted by Crippen LogP contribution is -2.40. The van der Waals surface area contributed by atoms with Crippen LogP contribution in [0.2, 0.25) is 0 Å². The standard InChI is InChI=1S/C16H16N4O4S3/c21-15-9-12(18-16-20(15)5-8-25-16)11-26-14-2-1-13(10-17-14)27(22,23)19-3-6-24-7-4-19/h1-2,5,8-10H,3-4,6-7,11H2. The van der Waals surface area contributed by atoms with Gasteiger partial charge in [-0.2, -0.15) is 4.31 Å². The molecule has 3 aromatic heterocycles. The van der Waals surface area contributed by atoms with Gasteiger partial charge in [0.05, 0.1) is 23.9 Å². The molecule has 1 saturated heterocycles. The van der Waals surface area contributed by atoms with Crippen LogP contribution in [0.15, 0.2) is 50.7 Å². The SMILES string of the molecule is O=c1cc(CSc2ccc(S(=O)(=O)N3CCOCC3)cn2)nc2sccn12. The second-order valence-electron chi connectivity index (χ2n) is 5.78. The molecular weight excluding hydrogens is 408 g/mol. The molecule has 1 aliphatic heterocycles. The first-order chi connectivity index (χ1) is 13.0. The Bertz CT molecular complexity index is 1100. The van der Waals surface area contributed by atoms with Crippen LogP contribution in [0.5, 0.6) is 0 Å². The zero-order valence-corrected chi connectivity index (χ0v) is 16.6. The summed E-state index contributed by atoms with van der Waals surface area (Å²) >= 11 is 2.80. The third-order valence-electron chi connectivity index (χ3n) is 4.04. The Morgan fingerprint density at radius 2 is 2.07 bits per heavy atom. The third-order valence-corrected chi connectivity index (χ3v) is 7.66. The molecule has 0 radical (unpaired) electrons. The molecule has 0 atom stereocenters. The minimum atomic E-state index is -3.54. The fraction of sp³-hybridized carbons (Fsp3) is 0.312. The summed E-state index contributed by atoms with van der Waals surface area (Å²) in [6.07, 6.45) is 3.07. The molecular formula is C16H16N4O4S3. The second-order valence-corrected chi connectivity index (χ2v) is 9.59. The Hall–Kier alpha value is -1.79. The van der Waals surface area contributed by atoms with Gasteiger partial charge in [0, 0.05) is 42.7 Å². The number of hydrogen-bond donors (Lipinski definition) is 0. The summed E-state index contributed by atoms with van der Waals surface area (Å²) < 4.78 is 33.3. The molecule has 0 N–H and O–H groups in total. The van der Waals surface area contributed by atoms with Crippen molar-refractivity contribution in [2.45, 2.75) is 15.7 Å². The molecule has 1 aliphatic rings. The number of morpholine rings is 1. The maximum atomic E-state index is 12.6. The Labute approximate surface area is 163 Å². The van der Waals surface area contributed by atoms with Crippen molar-refractivity contribution in [1.82, 2.24) is 18.7 Å². The minimum absolute atomic E-state index is 0.114. The van der Waals surface area contributed by atoms with Gasteiger partial charge in [0.1, 0.15) is 4.90 Å². The highest BCUT2D eigenvalue weighted by Gasteiger charge is 2.26. The van der Waals surface area contributed by atoms with Gasteiger partial charge in [-0.15, -0.1) is 23.1 Å². The fourth-order valence-electron chi connectivity index (χ4n) is 2.65. The van der Waals surface area contributed by atoms with E-state index in [0.29, 0.717) is 47.7 Å². The van der Waals surface area contributed by atoms with Gasteiger partial charge in [0.15, 0.2) is 4.96 Å². The minimum Gasteiger partial charge on any atom is -0.379 e. The normalized spacial score (nSPS) is 16.0. The van der Waals surface area contributed by atoms with Crippen LogP contribution in [-0.2, 0) is 20.5 Å². The summed E-state index contributed by atoms with van der Waals surface area (Å²) in [6, 6.07) is 4.74. The van der Waals surface area contributed by atoms with Crippen molar-refractivity contribution in [2.75, 3.05) is 26.3 Å². The van der Waals surface area contributed by atoms with E-state index in [2.05, 4.69) is 9.97 Å². The van der Waals surface area contributed by atoms with Gasteiger partial charge in [-0.05, 0) is 12.1 Å². The number of pyridine rings is 1. The average Bonchev–Trinajstić information content (AvgIpc) is 3.17. The van der Waals surface area contributed by atoms with Crippen molar-refractivity contribution in [3.8, 4) is 0 Å². The molecule has 0 bridgehead atoms. The number of thioether (sulfide) groups is 1. The van der Waals surface area contributed by atoms with Gasteiger partial charge in [-0.25, -0.2) is 18.4 Å². The number of fused-ring (bicyclic) bond motifs is 1. The summed E-state index contributed by atoms with van der Waals surface area (Å²) in [4.78, 5) is 21.5. The predicted molar refractivity (Wildman–Crippen MR) is 103 cm³/mol. The van der Waals surface area contributed by atoms with Gasteiger partial charge >= 0.3 is 0 Å². The Morgan fingerprint density at radius 1 is 1.26 bits per heavy atom. The maximum absolute atomic E-state index is 12.6. The number of ether oxygens (including phenoxy) is 1. The van der Waals surface area contributed by atoms with E-state index in [0.717, 1.165) is 0 Å². The Kier molecular flexibility index (Phi) is 5.28. The second kappa shape index (κ2) is 7.68. The molecule has 0 spiro atoms. The predicted octanol–water partition coefficient (Wildman–Crippen LogP) is 1.46. The molecule has 0 aliphatic carbocycles. The van der Waals surface area contributed by atoms with Crippen molar-refractivity contribution >= 4 is 38.1 Å². The van der Waals surface area contributed by atoms with Gasteiger partial charge in [-0.1, -0.05) is 0 Å². The van der Waals surface area contributed by atoms with Gasteiger partial charge in [0.25, 0.3) is 5.56 Å². The highest BCUT2D eigenvalue weighted by molar-refractivity contribution is 7.98. The van der Waals surface area contributed by atoms with Crippen molar-refractivity contribution < 1.29 is 13.2 Å². The average molecular weight is 425 g/mol. The van der Waals surface area contributed by atoms with E-state index in [1.807, 2.05) is 5.38 Å². The van der Waals surface area contributed by atoms with Crippen molar-refractivity contribution in [1.29, 1.82) is 0 Å². The van der Waals surface area contributed by atoms with Crippen LogP contribution in [0.25, 0.3) is 4.96 Å². The monoisotopic (exact) mass is 424 g/mol. The summed E-state index contributed by atoms with van der Waals surface area (Å²) in [6.45, 7) is 1.51. The lowest BCUT2D eigenvalue weighted by Gasteiger charge is -2.25. The molecule has 8 nitrogen and oxygen atoms in total. The fourth-order valence-corrected chi connectivity index (χ4v) is 5.48. The molecule has 1 fully saturated rings. The first kappa shape index (κ1) is 18.6. The molecule has 3 aromatic rings. The first-order valence-electron chi connectivity index (χ1n) is 8.16. The van der Waals surface area contributed by atoms with E-state index >= 15 is 0 Å². The molecule has 142 valence electrons. The molecule has 11 heteroatoms. The van der Waals surface area contributed by atoms with Crippen LogP contribution in [0, 0.1) is 0 Å². The first-order valence-corrected chi connectivity index (χ1v) is 11.5. The number of hydrogen-bond acceptors (Lipinski definition) is 8. The summed E-state index contributed by atoms with van der Waals surface area (Å²) in [7, 11) is -3.54. The number of aromatic nitrogens is 3. The molecule has 0 aromatic carbocycles.